The maximum atomic E-state index is 11.5. The van der Waals surface area contributed by atoms with Crippen molar-refractivity contribution in [3.8, 4) is 0 Å². The van der Waals surface area contributed by atoms with Gasteiger partial charge in [0.1, 0.15) is 0 Å². The Morgan fingerprint density at radius 1 is 1.27 bits per heavy atom. The lowest BCUT2D eigenvalue weighted by Crippen LogP contribution is -2.56. The molecule has 86 valence electrons. The molecular formula is C8H17N5O2. The fourth-order valence-corrected chi connectivity index (χ4v) is 1.33. The lowest BCUT2D eigenvalue weighted by molar-refractivity contribution is -0.123. The number of urea groups is 1. The van der Waals surface area contributed by atoms with Gasteiger partial charge in [-0.1, -0.05) is 0 Å². The van der Waals surface area contributed by atoms with E-state index in [2.05, 4.69) is 21.3 Å². The number of carbonyl (C=O) groups is 2. The van der Waals surface area contributed by atoms with E-state index in [1.54, 1.807) is 0 Å². The van der Waals surface area contributed by atoms with Crippen LogP contribution in [0.1, 0.15) is 0 Å². The fourth-order valence-electron chi connectivity index (χ4n) is 1.33. The van der Waals surface area contributed by atoms with E-state index in [9.17, 15) is 9.59 Å². The van der Waals surface area contributed by atoms with Gasteiger partial charge in [-0.25, -0.2) is 4.79 Å². The highest BCUT2D eigenvalue weighted by Gasteiger charge is 2.19. The van der Waals surface area contributed by atoms with Crippen LogP contribution in [-0.2, 0) is 4.79 Å². The van der Waals surface area contributed by atoms with E-state index in [-0.39, 0.29) is 11.9 Å². The molecule has 1 rings (SSSR count). The largest absolute Gasteiger partial charge is 0.353 e. The Hall–Kier alpha value is -1.34. The number of rotatable bonds is 4. The molecule has 1 atom stereocenters. The summed E-state index contributed by atoms with van der Waals surface area (Å²) in [6.45, 7) is 3.04. The monoisotopic (exact) mass is 215 g/mol. The van der Waals surface area contributed by atoms with Crippen molar-refractivity contribution >= 4 is 11.9 Å². The Labute approximate surface area is 88.2 Å². The van der Waals surface area contributed by atoms with Gasteiger partial charge in [0.25, 0.3) is 0 Å². The van der Waals surface area contributed by atoms with E-state index in [0.717, 1.165) is 13.1 Å². The summed E-state index contributed by atoms with van der Waals surface area (Å²) in [5.41, 5.74) is 4.87. The van der Waals surface area contributed by atoms with Gasteiger partial charge in [-0.15, -0.1) is 0 Å². The van der Waals surface area contributed by atoms with Gasteiger partial charge in [0.15, 0.2) is 0 Å². The van der Waals surface area contributed by atoms with Gasteiger partial charge in [-0.05, 0) is 0 Å². The smallest absolute Gasteiger partial charge is 0.312 e. The summed E-state index contributed by atoms with van der Waals surface area (Å²) in [5.74, 6) is -0.0616. The highest BCUT2D eigenvalue weighted by Crippen LogP contribution is 1.86. The van der Waals surface area contributed by atoms with E-state index in [1.807, 2.05) is 0 Å². The molecule has 1 unspecified atom stereocenters. The van der Waals surface area contributed by atoms with Gasteiger partial charge in [0, 0.05) is 32.7 Å². The molecule has 1 aliphatic heterocycles. The normalized spacial score (nSPS) is 20.7. The molecule has 7 nitrogen and oxygen atoms in total. The molecular weight excluding hydrogens is 198 g/mol. The second-order valence-corrected chi connectivity index (χ2v) is 3.29. The van der Waals surface area contributed by atoms with E-state index in [1.165, 1.54) is 0 Å². The van der Waals surface area contributed by atoms with Gasteiger partial charge in [-0.3, -0.25) is 4.79 Å². The summed E-state index contributed by atoms with van der Waals surface area (Å²) in [6.07, 6.45) is 0. The van der Waals surface area contributed by atoms with Gasteiger partial charge < -0.3 is 27.0 Å². The zero-order valence-electron chi connectivity index (χ0n) is 8.51. The van der Waals surface area contributed by atoms with Crippen molar-refractivity contribution in [1.82, 2.24) is 21.3 Å². The summed E-state index contributed by atoms with van der Waals surface area (Å²) in [6, 6.07) is -0.769. The number of amides is 3. The third kappa shape index (κ3) is 4.61. The summed E-state index contributed by atoms with van der Waals surface area (Å²) in [4.78, 5) is 21.8. The number of primary amides is 1. The van der Waals surface area contributed by atoms with Gasteiger partial charge in [-0.2, -0.15) is 0 Å². The van der Waals surface area contributed by atoms with Crippen LogP contribution in [0.4, 0.5) is 4.79 Å². The summed E-state index contributed by atoms with van der Waals surface area (Å²) < 4.78 is 0. The molecule has 0 saturated carbocycles. The minimum atomic E-state index is -0.582. The molecule has 0 aromatic heterocycles. The first kappa shape index (κ1) is 11.7. The quantitative estimate of drug-likeness (QED) is 0.330. The van der Waals surface area contributed by atoms with Crippen LogP contribution in [0.5, 0.6) is 0 Å². The lowest BCUT2D eigenvalue weighted by atomic mass is 10.2. The van der Waals surface area contributed by atoms with Crippen LogP contribution < -0.4 is 27.0 Å². The number of hydrogen-bond donors (Lipinski definition) is 5. The minimum Gasteiger partial charge on any atom is -0.353 e. The molecule has 1 saturated heterocycles. The van der Waals surface area contributed by atoms with Crippen molar-refractivity contribution in [2.45, 2.75) is 6.04 Å². The van der Waals surface area contributed by atoms with Crippen LogP contribution in [0.15, 0.2) is 0 Å². The molecule has 0 aliphatic carbocycles. The maximum Gasteiger partial charge on any atom is 0.312 e. The highest BCUT2D eigenvalue weighted by molar-refractivity contribution is 5.82. The number of carbonyl (C=O) groups excluding carboxylic acids is 2. The van der Waals surface area contributed by atoms with Crippen molar-refractivity contribution in [2.75, 3.05) is 32.7 Å². The maximum absolute atomic E-state index is 11.5. The molecule has 15 heavy (non-hydrogen) atoms. The van der Waals surface area contributed by atoms with E-state index in [0.29, 0.717) is 19.6 Å². The standard InChI is InChI=1S/C8H17N5O2/c9-8(15)13-4-3-12-7(14)6-5-10-1-2-11-6/h6,10-11H,1-5H2,(H,12,14)(H3,9,13,15). The summed E-state index contributed by atoms with van der Waals surface area (Å²) in [5, 5.41) is 11.3. The third-order valence-corrected chi connectivity index (χ3v) is 2.08. The second kappa shape index (κ2) is 6.20. The highest BCUT2D eigenvalue weighted by atomic mass is 16.2. The first-order chi connectivity index (χ1) is 7.20. The number of nitrogens with one attached hydrogen (secondary N) is 4. The molecule has 7 heteroatoms. The number of hydrogen-bond acceptors (Lipinski definition) is 4. The van der Waals surface area contributed by atoms with Crippen LogP contribution in [0.3, 0.4) is 0 Å². The average Bonchev–Trinajstić information content (AvgIpc) is 2.25. The van der Waals surface area contributed by atoms with E-state index in [4.69, 9.17) is 5.73 Å². The topological polar surface area (TPSA) is 108 Å². The zero-order valence-corrected chi connectivity index (χ0v) is 8.51. The molecule has 1 heterocycles. The number of piperazine rings is 1. The Morgan fingerprint density at radius 3 is 2.60 bits per heavy atom. The molecule has 1 fully saturated rings. The molecule has 0 radical (unpaired) electrons. The minimum absolute atomic E-state index is 0.0616. The molecule has 0 aromatic carbocycles. The predicted octanol–water partition coefficient (Wildman–Crippen LogP) is -2.67. The summed E-state index contributed by atoms with van der Waals surface area (Å²) in [7, 11) is 0. The van der Waals surface area contributed by atoms with Crippen molar-refractivity contribution < 1.29 is 9.59 Å². The zero-order chi connectivity index (χ0) is 11.1. The Kier molecular flexibility index (Phi) is 4.85. The Bertz CT molecular complexity index is 227. The molecule has 0 bridgehead atoms. The van der Waals surface area contributed by atoms with Gasteiger partial charge >= 0.3 is 6.03 Å². The second-order valence-electron chi connectivity index (χ2n) is 3.29. The van der Waals surface area contributed by atoms with E-state index < -0.39 is 6.03 Å². The lowest BCUT2D eigenvalue weighted by Gasteiger charge is -2.23. The van der Waals surface area contributed by atoms with Gasteiger partial charge in [0.05, 0.1) is 6.04 Å². The Morgan fingerprint density at radius 2 is 2.00 bits per heavy atom. The Balaban J connectivity index is 2.09. The van der Waals surface area contributed by atoms with Crippen molar-refractivity contribution in [3.63, 3.8) is 0 Å². The SMILES string of the molecule is NC(=O)NCCNC(=O)C1CNCCN1. The van der Waals surface area contributed by atoms with Crippen molar-refractivity contribution in [1.29, 1.82) is 0 Å². The van der Waals surface area contributed by atoms with Crippen LogP contribution in [-0.4, -0.2) is 50.7 Å². The number of nitrogens with two attached hydrogens (primary N) is 1. The fraction of sp³-hybridized carbons (Fsp3) is 0.750. The van der Waals surface area contributed by atoms with Crippen LogP contribution in [0.25, 0.3) is 0 Å². The van der Waals surface area contributed by atoms with E-state index >= 15 is 0 Å². The van der Waals surface area contributed by atoms with Crippen LogP contribution in [0, 0.1) is 0 Å². The molecule has 6 N–H and O–H groups in total. The first-order valence-electron chi connectivity index (χ1n) is 4.95. The first-order valence-corrected chi connectivity index (χ1v) is 4.95. The van der Waals surface area contributed by atoms with Crippen LogP contribution >= 0.6 is 0 Å². The molecule has 0 spiro atoms. The molecule has 0 aromatic rings. The molecule has 3 amide bonds. The third-order valence-electron chi connectivity index (χ3n) is 2.08. The average molecular weight is 215 g/mol. The predicted molar refractivity (Wildman–Crippen MR) is 55.3 cm³/mol. The van der Waals surface area contributed by atoms with Crippen molar-refractivity contribution in [2.24, 2.45) is 5.73 Å². The van der Waals surface area contributed by atoms with Crippen LogP contribution in [0.2, 0.25) is 0 Å². The summed E-state index contributed by atoms with van der Waals surface area (Å²) >= 11 is 0. The van der Waals surface area contributed by atoms with Gasteiger partial charge in [0.2, 0.25) is 5.91 Å². The molecule has 1 aliphatic rings. The van der Waals surface area contributed by atoms with Crippen molar-refractivity contribution in [3.05, 3.63) is 0 Å².